The average molecular weight is 248 g/mol. The predicted octanol–water partition coefficient (Wildman–Crippen LogP) is 1.49. The number of nitrogens with two attached hydrogens (primary N) is 1. The van der Waals surface area contributed by atoms with Gasteiger partial charge in [0.1, 0.15) is 5.82 Å². The van der Waals surface area contributed by atoms with Crippen molar-refractivity contribution in [3.63, 3.8) is 0 Å². The molecule has 4 heteroatoms. The lowest BCUT2D eigenvalue weighted by molar-refractivity contribution is 0.395. The summed E-state index contributed by atoms with van der Waals surface area (Å²) in [5, 5.41) is 0. The number of nitrogens with zero attached hydrogens (tertiary/aromatic N) is 3. The van der Waals surface area contributed by atoms with Gasteiger partial charge < -0.3 is 15.5 Å². The van der Waals surface area contributed by atoms with E-state index in [1.165, 1.54) is 19.5 Å². The molecule has 2 rings (SSSR count). The molecule has 0 aromatic carbocycles. The largest absolute Gasteiger partial charge is 0.359 e. The molecule has 1 fully saturated rings. The summed E-state index contributed by atoms with van der Waals surface area (Å²) in [4.78, 5) is 9.08. The van der Waals surface area contributed by atoms with Gasteiger partial charge in [0, 0.05) is 32.4 Å². The lowest BCUT2D eigenvalue weighted by atomic mass is 10.1. The molecule has 1 unspecified atom stereocenters. The molecule has 1 aromatic rings. The maximum Gasteiger partial charge on any atom is 0.128 e. The molecule has 2 N–H and O–H groups in total. The van der Waals surface area contributed by atoms with E-state index in [0.717, 1.165) is 23.8 Å². The molecular weight excluding hydrogens is 224 g/mol. The van der Waals surface area contributed by atoms with Crippen LogP contribution in [-0.2, 0) is 0 Å². The van der Waals surface area contributed by atoms with Crippen molar-refractivity contribution in [2.75, 3.05) is 38.6 Å². The first-order valence-corrected chi connectivity index (χ1v) is 6.67. The maximum atomic E-state index is 5.91. The maximum absolute atomic E-state index is 5.91. The average Bonchev–Trinajstić information content (AvgIpc) is 2.75. The second-order valence-corrected chi connectivity index (χ2v) is 5.53. The Balaban J connectivity index is 2.00. The van der Waals surface area contributed by atoms with Gasteiger partial charge in [-0.3, -0.25) is 0 Å². The van der Waals surface area contributed by atoms with Crippen LogP contribution in [0.3, 0.4) is 0 Å². The van der Waals surface area contributed by atoms with Crippen LogP contribution in [0.15, 0.2) is 18.3 Å². The molecule has 1 saturated heterocycles. The van der Waals surface area contributed by atoms with Gasteiger partial charge in [0.15, 0.2) is 0 Å². The monoisotopic (exact) mass is 248 g/mol. The molecular formula is C14H24N4. The standard InChI is InChI=1S/C14H24N4/c1-11(15)13-4-6-16-14(8-13)18(3)10-12-5-7-17(2)9-12/h4,6,8,11-12H,5,7,9-10,15H2,1-3H3/t11-,12?/m1/s1. The third-order valence-electron chi connectivity index (χ3n) is 3.71. The number of aromatic nitrogens is 1. The normalized spacial score (nSPS) is 22.1. The molecule has 0 saturated carbocycles. The second-order valence-electron chi connectivity index (χ2n) is 5.53. The molecule has 2 atom stereocenters. The van der Waals surface area contributed by atoms with Gasteiger partial charge in [-0.2, -0.15) is 0 Å². The van der Waals surface area contributed by atoms with Gasteiger partial charge in [0.2, 0.25) is 0 Å². The van der Waals surface area contributed by atoms with Gasteiger partial charge in [-0.05, 0) is 50.6 Å². The number of hydrogen-bond acceptors (Lipinski definition) is 4. The van der Waals surface area contributed by atoms with Crippen LogP contribution in [0.5, 0.6) is 0 Å². The first-order valence-electron chi connectivity index (χ1n) is 6.67. The van der Waals surface area contributed by atoms with Crippen LogP contribution in [0.1, 0.15) is 24.9 Å². The third kappa shape index (κ3) is 3.21. The molecule has 1 aliphatic heterocycles. The molecule has 0 aliphatic carbocycles. The fourth-order valence-corrected chi connectivity index (χ4v) is 2.58. The minimum Gasteiger partial charge on any atom is -0.359 e. The van der Waals surface area contributed by atoms with E-state index in [4.69, 9.17) is 5.73 Å². The number of rotatable bonds is 4. The number of likely N-dealkylation sites (tertiary alicyclic amines) is 1. The summed E-state index contributed by atoms with van der Waals surface area (Å²) in [6, 6.07) is 4.16. The smallest absolute Gasteiger partial charge is 0.128 e. The van der Waals surface area contributed by atoms with Crippen LogP contribution in [0.4, 0.5) is 5.82 Å². The van der Waals surface area contributed by atoms with E-state index in [9.17, 15) is 0 Å². The highest BCUT2D eigenvalue weighted by Gasteiger charge is 2.21. The minimum atomic E-state index is 0.0674. The molecule has 18 heavy (non-hydrogen) atoms. The van der Waals surface area contributed by atoms with Gasteiger partial charge in [-0.1, -0.05) is 0 Å². The fraction of sp³-hybridized carbons (Fsp3) is 0.643. The van der Waals surface area contributed by atoms with Gasteiger partial charge in [0.05, 0.1) is 0 Å². The van der Waals surface area contributed by atoms with Crippen molar-refractivity contribution in [2.45, 2.75) is 19.4 Å². The van der Waals surface area contributed by atoms with Crippen molar-refractivity contribution in [3.05, 3.63) is 23.9 Å². The molecule has 0 radical (unpaired) electrons. The summed E-state index contributed by atoms with van der Waals surface area (Å²) < 4.78 is 0. The first-order chi connectivity index (χ1) is 8.56. The van der Waals surface area contributed by atoms with E-state index in [-0.39, 0.29) is 6.04 Å². The van der Waals surface area contributed by atoms with E-state index >= 15 is 0 Å². The number of pyridine rings is 1. The Kier molecular flexibility index (Phi) is 4.19. The Morgan fingerprint density at radius 3 is 3.00 bits per heavy atom. The van der Waals surface area contributed by atoms with Crippen molar-refractivity contribution < 1.29 is 0 Å². The molecule has 1 aliphatic rings. The van der Waals surface area contributed by atoms with Gasteiger partial charge in [0.25, 0.3) is 0 Å². The molecule has 2 heterocycles. The van der Waals surface area contributed by atoms with E-state index in [2.05, 4.69) is 34.9 Å². The quantitative estimate of drug-likeness (QED) is 0.877. The summed E-state index contributed by atoms with van der Waals surface area (Å²) in [5.74, 6) is 1.78. The molecule has 0 spiro atoms. The van der Waals surface area contributed by atoms with E-state index in [1.807, 2.05) is 19.2 Å². The van der Waals surface area contributed by atoms with E-state index < -0.39 is 0 Å². The summed E-state index contributed by atoms with van der Waals surface area (Å²) in [6.45, 7) is 5.48. The van der Waals surface area contributed by atoms with Gasteiger partial charge in [-0.25, -0.2) is 4.98 Å². The topological polar surface area (TPSA) is 45.4 Å². The Hall–Kier alpha value is -1.13. The van der Waals surface area contributed by atoms with Crippen LogP contribution in [0.25, 0.3) is 0 Å². The van der Waals surface area contributed by atoms with Crippen molar-refractivity contribution in [2.24, 2.45) is 11.7 Å². The Bertz CT molecular complexity index is 391. The molecule has 0 amide bonds. The lowest BCUT2D eigenvalue weighted by Crippen LogP contribution is -2.28. The number of hydrogen-bond donors (Lipinski definition) is 1. The highest BCUT2D eigenvalue weighted by Crippen LogP contribution is 2.20. The Morgan fingerprint density at radius 2 is 2.39 bits per heavy atom. The van der Waals surface area contributed by atoms with Crippen LogP contribution in [0.2, 0.25) is 0 Å². The van der Waals surface area contributed by atoms with Crippen LogP contribution >= 0.6 is 0 Å². The van der Waals surface area contributed by atoms with Crippen molar-refractivity contribution in [3.8, 4) is 0 Å². The zero-order valence-corrected chi connectivity index (χ0v) is 11.6. The van der Waals surface area contributed by atoms with Crippen molar-refractivity contribution >= 4 is 5.82 Å². The highest BCUT2D eigenvalue weighted by molar-refractivity contribution is 5.41. The van der Waals surface area contributed by atoms with Crippen LogP contribution in [0, 0.1) is 5.92 Å². The summed E-state index contributed by atoms with van der Waals surface area (Å²) in [5.41, 5.74) is 7.06. The van der Waals surface area contributed by atoms with Crippen LogP contribution in [-0.4, -0.2) is 43.6 Å². The lowest BCUT2D eigenvalue weighted by Gasteiger charge is -2.23. The first kappa shape index (κ1) is 13.3. The summed E-state index contributed by atoms with van der Waals surface area (Å²) in [7, 11) is 4.31. The number of anilines is 1. The zero-order valence-electron chi connectivity index (χ0n) is 11.6. The van der Waals surface area contributed by atoms with Gasteiger partial charge in [-0.15, -0.1) is 0 Å². The van der Waals surface area contributed by atoms with E-state index in [1.54, 1.807) is 0 Å². The summed E-state index contributed by atoms with van der Waals surface area (Å²) in [6.07, 6.45) is 3.14. The van der Waals surface area contributed by atoms with Crippen molar-refractivity contribution in [1.82, 2.24) is 9.88 Å². The Labute approximate surface area is 110 Å². The van der Waals surface area contributed by atoms with Crippen LogP contribution < -0.4 is 10.6 Å². The molecule has 1 aromatic heterocycles. The highest BCUT2D eigenvalue weighted by atomic mass is 15.2. The zero-order chi connectivity index (χ0) is 13.1. The van der Waals surface area contributed by atoms with Gasteiger partial charge >= 0.3 is 0 Å². The van der Waals surface area contributed by atoms with Crippen molar-refractivity contribution in [1.29, 1.82) is 0 Å². The second kappa shape index (κ2) is 5.67. The molecule has 100 valence electrons. The minimum absolute atomic E-state index is 0.0674. The fourth-order valence-electron chi connectivity index (χ4n) is 2.58. The predicted molar refractivity (Wildman–Crippen MR) is 75.7 cm³/mol. The SMILES string of the molecule is C[C@@H](N)c1ccnc(N(C)CC2CCN(C)C2)c1. The molecule has 0 bridgehead atoms. The van der Waals surface area contributed by atoms with E-state index in [0.29, 0.717) is 0 Å². The summed E-state index contributed by atoms with van der Waals surface area (Å²) >= 11 is 0. The third-order valence-corrected chi connectivity index (χ3v) is 3.71. The Morgan fingerprint density at radius 1 is 1.61 bits per heavy atom. The molecule has 4 nitrogen and oxygen atoms in total.